The van der Waals surface area contributed by atoms with Crippen LogP contribution < -0.4 is 14.5 Å². The molecule has 146 valence electrons. The molecular weight excluding hydrogens is 354 g/mol. The molecule has 4 rings (SSSR count). The van der Waals surface area contributed by atoms with Gasteiger partial charge in [-0.2, -0.15) is 0 Å². The lowest BCUT2D eigenvalue weighted by Gasteiger charge is -2.37. The van der Waals surface area contributed by atoms with Crippen molar-refractivity contribution in [2.24, 2.45) is 0 Å². The Morgan fingerprint density at radius 1 is 0.893 bits per heavy atom. The van der Waals surface area contributed by atoms with Gasteiger partial charge in [-0.1, -0.05) is 24.3 Å². The highest BCUT2D eigenvalue weighted by Gasteiger charge is 2.29. The predicted octanol–water partition coefficient (Wildman–Crippen LogP) is 2.78. The van der Waals surface area contributed by atoms with E-state index in [0.717, 1.165) is 36.6 Å². The molecule has 2 aliphatic heterocycles. The number of hydrogen-bond acceptors (Lipinski definition) is 4. The molecule has 2 aromatic rings. The summed E-state index contributed by atoms with van der Waals surface area (Å²) in [5.41, 5.74) is 2.41. The molecule has 2 heterocycles. The number of carbonyl (C=O) groups is 2. The Balaban J connectivity index is 1.49. The van der Waals surface area contributed by atoms with Crippen molar-refractivity contribution in [2.45, 2.75) is 12.8 Å². The molecule has 2 fully saturated rings. The average Bonchev–Trinajstić information content (AvgIpc) is 3.19. The molecule has 0 N–H and O–H groups in total. The van der Waals surface area contributed by atoms with E-state index >= 15 is 0 Å². The van der Waals surface area contributed by atoms with Crippen LogP contribution >= 0.6 is 0 Å². The molecule has 28 heavy (non-hydrogen) atoms. The van der Waals surface area contributed by atoms with E-state index in [9.17, 15) is 9.59 Å². The van der Waals surface area contributed by atoms with Crippen molar-refractivity contribution in [1.29, 1.82) is 0 Å². The highest BCUT2D eigenvalue weighted by atomic mass is 16.5. The molecular formula is C22H25N3O3. The fourth-order valence-electron chi connectivity index (χ4n) is 4.00. The van der Waals surface area contributed by atoms with E-state index in [1.54, 1.807) is 12.0 Å². The van der Waals surface area contributed by atoms with Crippen LogP contribution in [0.2, 0.25) is 0 Å². The Kier molecular flexibility index (Phi) is 5.19. The molecule has 6 heteroatoms. The summed E-state index contributed by atoms with van der Waals surface area (Å²) in [6, 6.07) is 15.4. The van der Waals surface area contributed by atoms with E-state index in [1.165, 1.54) is 0 Å². The van der Waals surface area contributed by atoms with Crippen LogP contribution in [0, 0.1) is 0 Å². The van der Waals surface area contributed by atoms with Crippen LogP contribution in [0.4, 0.5) is 11.4 Å². The second-order valence-electron chi connectivity index (χ2n) is 7.12. The first kappa shape index (κ1) is 18.3. The number of ether oxygens (including phenoxy) is 1. The van der Waals surface area contributed by atoms with Crippen molar-refractivity contribution >= 4 is 23.2 Å². The number of methoxy groups -OCH3 is 1. The van der Waals surface area contributed by atoms with Crippen LogP contribution in [-0.4, -0.2) is 56.5 Å². The Labute approximate surface area is 165 Å². The minimum atomic E-state index is -0.00465. The van der Waals surface area contributed by atoms with E-state index in [0.29, 0.717) is 31.6 Å². The standard InChI is InChI=1S/C22H25N3O3/c1-28-20-10-5-4-9-19(20)23-13-15-24(16-14-23)22(27)17-7-2-3-8-18(17)25-12-6-11-21(25)26/h2-5,7-10H,6,11-16H2,1H3. The van der Waals surface area contributed by atoms with Crippen molar-refractivity contribution in [2.75, 3.05) is 49.6 Å². The summed E-state index contributed by atoms with van der Waals surface area (Å²) >= 11 is 0. The number of piperazine rings is 1. The summed E-state index contributed by atoms with van der Waals surface area (Å²) in [5.74, 6) is 0.941. The Morgan fingerprint density at radius 2 is 1.57 bits per heavy atom. The van der Waals surface area contributed by atoms with Crippen molar-refractivity contribution in [3.05, 3.63) is 54.1 Å². The minimum absolute atomic E-state index is 0.00465. The van der Waals surface area contributed by atoms with Crippen molar-refractivity contribution in [3.8, 4) is 5.75 Å². The molecule has 0 saturated carbocycles. The van der Waals surface area contributed by atoms with Gasteiger partial charge in [0.2, 0.25) is 5.91 Å². The lowest BCUT2D eigenvalue weighted by Crippen LogP contribution is -2.49. The summed E-state index contributed by atoms with van der Waals surface area (Å²) in [6.45, 7) is 3.46. The van der Waals surface area contributed by atoms with Crippen LogP contribution in [0.5, 0.6) is 5.75 Å². The lowest BCUT2D eigenvalue weighted by atomic mass is 10.1. The van der Waals surface area contributed by atoms with Gasteiger partial charge in [0.05, 0.1) is 24.0 Å². The quantitative estimate of drug-likeness (QED) is 0.820. The number of anilines is 2. The van der Waals surface area contributed by atoms with E-state index in [4.69, 9.17) is 4.74 Å². The maximum Gasteiger partial charge on any atom is 0.256 e. The third-order valence-electron chi connectivity index (χ3n) is 5.49. The minimum Gasteiger partial charge on any atom is -0.495 e. The van der Waals surface area contributed by atoms with Gasteiger partial charge in [-0.25, -0.2) is 0 Å². The predicted molar refractivity (Wildman–Crippen MR) is 109 cm³/mol. The molecule has 2 aromatic carbocycles. The zero-order valence-corrected chi connectivity index (χ0v) is 16.1. The van der Waals surface area contributed by atoms with E-state index in [2.05, 4.69) is 4.90 Å². The topological polar surface area (TPSA) is 53.1 Å². The molecule has 0 aliphatic carbocycles. The van der Waals surface area contributed by atoms with Crippen LogP contribution in [-0.2, 0) is 4.79 Å². The smallest absolute Gasteiger partial charge is 0.256 e. The fraction of sp³-hybridized carbons (Fsp3) is 0.364. The first-order valence-corrected chi connectivity index (χ1v) is 9.75. The number of nitrogens with zero attached hydrogens (tertiary/aromatic N) is 3. The molecule has 2 amide bonds. The molecule has 0 unspecified atom stereocenters. The van der Waals surface area contributed by atoms with Crippen LogP contribution in [0.3, 0.4) is 0 Å². The van der Waals surface area contributed by atoms with Gasteiger partial charge in [-0.15, -0.1) is 0 Å². The molecule has 0 atom stereocenters. The van der Waals surface area contributed by atoms with Crippen molar-refractivity contribution in [3.63, 3.8) is 0 Å². The summed E-state index contributed by atoms with van der Waals surface area (Å²) in [6.07, 6.45) is 1.40. The zero-order chi connectivity index (χ0) is 19.5. The van der Waals surface area contributed by atoms with Gasteiger partial charge in [0, 0.05) is 39.1 Å². The van der Waals surface area contributed by atoms with Gasteiger partial charge < -0.3 is 19.4 Å². The highest BCUT2D eigenvalue weighted by Crippen LogP contribution is 2.30. The summed E-state index contributed by atoms with van der Waals surface area (Å²) in [4.78, 5) is 31.2. The Morgan fingerprint density at radius 3 is 2.25 bits per heavy atom. The third-order valence-corrected chi connectivity index (χ3v) is 5.49. The molecule has 0 aromatic heterocycles. The first-order chi connectivity index (χ1) is 13.7. The number of para-hydroxylation sites is 3. The third kappa shape index (κ3) is 3.42. The second-order valence-corrected chi connectivity index (χ2v) is 7.12. The average molecular weight is 379 g/mol. The number of amides is 2. The van der Waals surface area contributed by atoms with Gasteiger partial charge in [-0.05, 0) is 30.7 Å². The number of hydrogen-bond donors (Lipinski definition) is 0. The fourth-order valence-corrected chi connectivity index (χ4v) is 4.00. The molecule has 2 saturated heterocycles. The molecule has 0 radical (unpaired) electrons. The maximum absolute atomic E-state index is 13.2. The largest absolute Gasteiger partial charge is 0.495 e. The summed E-state index contributed by atoms with van der Waals surface area (Å²) in [7, 11) is 1.68. The Bertz CT molecular complexity index is 875. The zero-order valence-electron chi connectivity index (χ0n) is 16.1. The molecule has 6 nitrogen and oxygen atoms in total. The summed E-state index contributed by atoms with van der Waals surface area (Å²) in [5, 5.41) is 0. The van der Waals surface area contributed by atoms with Crippen LogP contribution in [0.25, 0.3) is 0 Å². The van der Waals surface area contributed by atoms with Crippen molar-refractivity contribution in [1.82, 2.24) is 4.90 Å². The molecule has 0 bridgehead atoms. The maximum atomic E-state index is 13.2. The lowest BCUT2D eigenvalue weighted by molar-refractivity contribution is -0.117. The normalized spacial score (nSPS) is 17.2. The summed E-state index contributed by atoms with van der Waals surface area (Å²) < 4.78 is 5.47. The second kappa shape index (κ2) is 7.92. The van der Waals surface area contributed by atoms with Gasteiger partial charge in [0.15, 0.2) is 0 Å². The van der Waals surface area contributed by atoms with Crippen molar-refractivity contribution < 1.29 is 14.3 Å². The van der Waals surface area contributed by atoms with E-state index in [-0.39, 0.29) is 11.8 Å². The SMILES string of the molecule is COc1ccccc1N1CCN(C(=O)c2ccccc2N2CCCC2=O)CC1. The molecule has 2 aliphatic rings. The highest BCUT2D eigenvalue weighted by molar-refractivity contribution is 6.05. The molecule has 0 spiro atoms. The Hall–Kier alpha value is -3.02. The van der Waals surface area contributed by atoms with E-state index < -0.39 is 0 Å². The number of carbonyl (C=O) groups excluding carboxylic acids is 2. The van der Waals surface area contributed by atoms with Gasteiger partial charge in [-0.3, -0.25) is 9.59 Å². The van der Waals surface area contributed by atoms with Gasteiger partial charge in [0.1, 0.15) is 5.75 Å². The number of rotatable bonds is 4. The van der Waals surface area contributed by atoms with Crippen LogP contribution in [0.1, 0.15) is 23.2 Å². The van der Waals surface area contributed by atoms with Gasteiger partial charge in [0.25, 0.3) is 5.91 Å². The van der Waals surface area contributed by atoms with Gasteiger partial charge >= 0.3 is 0 Å². The van der Waals surface area contributed by atoms with E-state index in [1.807, 2.05) is 53.4 Å². The monoisotopic (exact) mass is 379 g/mol. The number of benzene rings is 2. The van der Waals surface area contributed by atoms with Crippen LogP contribution in [0.15, 0.2) is 48.5 Å². The first-order valence-electron chi connectivity index (χ1n) is 9.75.